The van der Waals surface area contributed by atoms with Crippen molar-refractivity contribution in [3.63, 3.8) is 0 Å². The highest BCUT2D eigenvalue weighted by atomic mass is 16.5. The minimum Gasteiger partial charge on any atom is -0.491 e. The number of likely N-dealkylation sites (tertiary alicyclic amines) is 1. The Labute approximate surface area is 118 Å². The van der Waals surface area contributed by atoms with E-state index >= 15 is 0 Å². The molecule has 0 aromatic heterocycles. The summed E-state index contributed by atoms with van der Waals surface area (Å²) in [4.78, 5) is 25.1. The Balaban J connectivity index is 1.94. The lowest BCUT2D eigenvalue weighted by Crippen LogP contribution is -2.36. The molecule has 0 aliphatic carbocycles. The average molecular weight is 276 g/mol. The van der Waals surface area contributed by atoms with Crippen LogP contribution >= 0.6 is 0 Å². The van der Waals surface area contributed by atoms with Crippen LogP contribution in [-0.4, -0.2) is 42.5 Å². The second-order valence-corrected chi connectivity index (χ2v) is 5.34. The fourth-order valence-corrected chi connectivity index (χ4v) is 2.19. The first kappa shape index (κ1) is 14.4. The molecule has 1 heterocycles. The highest BCUT2D eigenvalue weighted by Crippen LogP contribution is 2.15. The van der Waals surface area contributed by atoms with Gasteiger partial charge in [-0.3, -0.25) is 9.59 Å². The van der Waals surface area contributed by atoms with Crippen LogP contribution in [0.25, 0.3) is 0 Å². The monoisotopic (exact) mass is 276 g/mol. The van der Waals surface area contributed by atoms with Crippen molar-refractivity contribution >= 4 is 11.8 Å². The zero-order valence-corrected chi connectivity index (χ0v) is 12.1. The Morgan fingerprint density at radius 1 is 1.35 bits per heavy atom. The van der Waals surface area contributed by atoms with Crippen molar-refractivity contribution in [2.45, 2.75) is 32.4 Å². The van der Waals surface area contributed by atoms with Crippen LogP contribution in [0.5, 0.6) is 5.75 Å². The first-order valence-electron chi connectivity index (χ1n) is 6.77. The number of amides is 2. The van der Waals surface area contributed by atoms with Crippen molar-refractivity contribution in [2.24, 2.45) is 0 Å². The van der Waals surface area contributed by atoms with Crippen LogP contribution in [0, 0.1) is 0 Å². The van der Waals surface area contributed by atoms with Gasteiger partial charge in [0.2, 0.25) is 5.91 Å². The largest absolute Gasteiger partial charge is 0.491 e. The molecule has 2 amide bonds. The van der Waals surface area contributed by atoms with Crippen molar-refractivity contribution in [1.82, 2.24) is 10.2 Å². The molecule has 1 aromatic rings. The standard InChI is InChI=1S/C15H20N2O3/c1-10(2)20-13-6-4-11(5-7-13)15(19)16-12-8-14(18)17(3)9-12/h4-7,10,12H,8-9H2,1-3H3,(H,16,19). The van der Waals surface area contributed by atoms with Crippen LogP contribution in [0.1, 0.15) is 30.6 Å². The van der Waals surface area contributed by atoms with E-state index in [1.807, 2.05) is 13.8 Å². The first-order valence-corrected chi connectivity index (χ1v) is 6.77. The molecule has 1 N–H and O–H groups in total. The number of hydrogen-bond acceptors (Lipinski definition) is 3. The predicted molar refractivity (Wildman–Crippen MR) is 75.7 cm³/mol. The van der Waals surface area contributed by atoms with E-state index in [1.54, 1.807) is 36.2 Å². The predicted octanol–water partition coefficient (Wildman–Crippen LogP) is 1.43. The number of nitrogens with one attached hydrogen (secondary N) is 1. The fraction of sp³-hybridized carbons (Fsp3) is 0.467. The van der Waals surface area contributed by atoms with Crippen LogP contribution < -0.4 is 10.1 Å². The Morgan fingerprint density at radius 3 is 2.50 bits per heavy atom. The molecule has 1 saturated heterocycles. The summed E-state index contributed by atoms with van der Waals surface area (Å²) in [5.74, 6) is 0.650. The lowest BCUT2D eigenvalue weighted by molar-refractivity contribution is -0.126. The highest BCUT2D eigenvalue weighted by Gasteiger charge is 2.27. The third-order valence-electron chi connectivity index (χ3n) is 3.16. The molecule has 5 nitrogen and oxygen atoms in total. The molecular weight excluding hydrogens is 256 g/mol. The molecule has 1 unspecified atom stereocenters. The van der Waals surface area contributed by atoms with Crippen LogP contribution in [0.15, 0.2) is 24.3 Å². The Hall–Kier alpha value is -2.04. The Morgan fingerprint density at radius 2 is 2.00 bits per heavy atom. The van der Waals surface area contributed by atoms with Gasteiger partial charge in [0, 0.05) is 25.6 Å². The van der Waals surface area contributed by atoms with Gasteiger partial charge < -0.3 is 15.0 Å². The lowest BCUT2D eigenvalue weighted by Gasteiger charge is -2.13. The quantitative estimate of drug-likeness (QED) is 0.905. The molecule has 0 saturated carbocycles. The SMILES string of the molecule is CC(C)Oc1ccc(C(=O)NC2CC(=O)N(C)C2)cc1. The summed E-state index contributed by atoms with van der Waals surface area (Å²) in [6.45, 7) is 4.47. The molecule has 5 heteroatoms. The number of nitrogens with zero attached hydrogens (tertiary/aromatic N) is 1. The van der Waals surface area contributed by atoms with Crippen molar-refractivity contribution in [3.8, 4) is 5.75 Å². The Bertz CT molecular complexity index is 496. The summed E-state index contributed by atoms with van der Waals surface area (Å²) < 4.78 is 5.53. The van der Waals surface area contributed by atoms with Crippen molar-refractivity contribution in [2.75, 3.05) is 13.6 Å². The average Bonchev–Trinajstić information content (AvgIpc) is 2.68. The molecule has 2 rings (SSSR count). The van der Waals surface area contributed by atoms with Crippen LogP contribution in [0.4, 0.5) is 0 Å². The molecule has 1 aliphatic rings. The van der Waals surface area contributed by atoms with E-state index in [-0.39, 0.29) is 24.0 Å². The summed E-state index contributed by atoms with van der Waals surface area (Å²) >= 11 is 0. The first-order chi connectivity index (χ1) is 9.45. The molecular formula is C15H20N2O3. The number of carbonyl (C=O) groups excluding carboxylic acids is 2. The normalized spacial score (nSPS) is 18.5. The van der Waals surface area contributed by atoms with Crippen LogP contribution in [0.2, 0.25) is 0 Å². The number of hydrogen-bond donors (Lipinski definition) is 1. The topological polar surface area (TPSA) is 58.6 Å². The lowest BCUT2D eigenvalue weighted by atomic mass is 10.1. The summed E-state index contributed by atoms with van der Waals surface area (Å²) in [6, 6.07) is 6.91. The van der Waals surface area contributed by atoms with Gasteiger partial charge in [-0.25, -0.2) is 0 Å². The fourth-order valence-electron chi connectivity index (χ4n) is 2.19. The summed E-state index contributed by atoms with van der Waals surface area (Å²) in [6.07, 6.45) is 0.478. The highest BCUT2D eigenvalue weighted by molar-refractivity contribution is 5.95. The number of carbonyl (C=O) groups is 2. The second kappa shape index (κ2) is 5.94. The smallest absolute Gasteiger partial charge is 0.251 e. The number of benzene rings is 1. The molecule has 0 radical (unpaired) electrons. The summed E-state index contributed by atoms with van der Waals surface area (Å²) in [5.41, 5.74) is 0.572. The molecule has 0 bridgehead atoms. The number of ether oxygens (including phenoxy) is 1. The van der Waals surface area contributed by atoms with Gasteiger partial charge in [0.1, 0.15) is 5.75 Å². The molecule has 1 fully saturated rings. The van der Waals surface area contributed by atoms with Gasteiger partial charge in [-0.1, -0.05) is 0 Å². The van der Waals surface area contributed by atoms with Crippen molar-refractivity contribution in [1.29, 1.82) is 0 Å². The minimum absolute atomic E-state index is 0.0657. The van der Waals surface area contributed by atoms with Gasteiger partial charge >= 0.3 is 0 Å². The third kappa shape index (κ3) is 3.50. The zero-order chi connectivity index (χ0) is 14.7. The van der Waals surface area contributed by atoms with E-state index in [1.165, 1.54) is 0 Å². The van der Waals surface area contributed by atoms with Crippen molar-refractivity contribution < 1.29 is 14.3 Å². The van der Waals surface area contributed by atoms with Crippen LogP contribution in [0.3, 0.4) is 0 Å². The van der Waals surface area contributed by atoms with E-state index in [4.69, 9.17) is 4.74 Å². The zero-order valence-electron chi connectivity index (χ0n) is 12.1. The van der Waals surface area contributed by atoms with Gasteiger partial charge in [0.25, 0.3) is 5.91 Å². The maximum absolute atomic E-state index is 12.1. The van der Waals surface area contributed by atoms with Crippen molar-refractivity contribution in [3.05, 3.63) is 29.8 Å². The molecule has 1 aliphatic heterocycles. The van der Waals surface area contributed by atoms with Gasteiger partial charge in [-0.2, -0.15) is 0 Å². The van der Waals surface area contributed by atoms with E-state index in [2.05, 4.69) is 5.32 Å². The van der Waals surface area contributed by atoms with Gasteiger partial charge in [0.15, 0.2) is 0 Å². The van der Waals surface area contributed by atoms with E-state index in [9.17, 15) is 9.59 Å². The second-order valence-electron chi connectivity index (χ2n) is 5.34. The van der Waals surface area contributed by atoms with Gasteiger partial charge in [0.05, 0.1) is 12.1 Å². The van der Waals surface area contributed by atoms with Gasteiger partial charge in [-0.05, 0) is 38.1 Å². The molecule has 1 aromatic carbocycles. The number of likely N-dealkylation sites (N-methyl/N-ethyl adjacent to an activating group) is 1. The number of rotatable bonds is 4. The maximum Gasteiger partial charge on any atom is 0.251 e. The maximum atomic E-state index is 12.1. The van der Waals surface area contributed by atoms with E-state index in [0.29, 0.717) is 18.5 Å². The van der Waals surface area contributed by atoms with E-state index in [0.717, 1.165) is 5.75 Å². The van der Waals surface area contributed by atoms with Crippen LogP contribution in [-0.2, 0) is 4.79 Å². The molecule has 108 valence electrons. The van der Waals surface area contributed by atoms with Gasteiger partial charge in [-0.15, -0.1) is 0 Å². The third-order valence-corrected chi connectivity index (χ3v) is 3.16. The summed E-state index contributed by atoms with van der Waals surface area (Å²) in [7, 11) is 1.74. The Kier molecular flexibility index (Phi) is 4.27. The van der Waals surface area contributed by atoms with E-state index < -0.39 is 0 Å². The minimum atomic E-state index is -0.158. The summed E-state index contributed by atoms with van der Waals surface area (Å²) in [5, 5.41) is 2.87. The molecule has 20 heavy (non-hydrogen) atoms. The molecule has 1 atom stereocenters. The molecule has 0 spiro atoms.